The highest BCUT2D eigenvalue weighted by molar-refractivity contribution is 7.92. The first kappa shape index (κ1) is 19.4. The van der Waals surface area contributed by atoms with Gasteiger partial charge in [0.15, 0.2) is 0 Å². The van der Waals surface area contributed by atoms with Gasteiger partial charge in [-0.05, 0) is 49.9 Å². The topological polar surface area (TPSA) is 105 Å². The Labute approximate surface area is 169 Å². The summed E-state index contributed by atoms with van der Waals surface area (Å²) in [5.74, 6) is -0.319. The zero-order valence-electron chi connectivity index (χ0n) is 16.5. The third-order valence-electron chi connectivity index (χ3n) is 5.10. The predicted molar refractivity (Wildman–Crippen MR) is 111 cm³/mol. The van der Waals surface area contributed by atoms with Crippen molar-refractivity contribution in [3.63, 3.8) is 0 Å². The number of carbonyl (C=O) groups excluding carboxylic acids is 1. The molecular weight excluding hydrogens is 392 g/mol. The lowest BCUT2D eigenvalue weighted by atomic mass is 10.0. The van der Waals surface area contributed by atoms with Crippen LogP contribution in [0.5, 0.6) is 0 Å². The lowest BCUT2D eigenvalue weighted by Crippen LogP contribution is -2.34. The smallest absolute Gasteiger partial charge is 0.258 e. The number of hydrogen-bond donors (Lipinski definition) is 1. The number of benzene rings is 1. The molecule has 3 aromatic rings. The van der Waals surface area contributed by atoms with Gasteiger partial charge in [0.25, 0.3) is 11.6 Å². The van der Waals surface area contributed by atoms with Gasteiger partial charge in [0, 0.05) is 17.9 Å². The van der Waals surface area contributed by atoms with E-state index in [1.54, 1.807) is 25.1 Å². The fraction of sp³-hybridized carbons (Fsp3) is 0.350. The van der Waals surface area contributed by atoms with E-state index in [-0.39, 0.29) is 5.91 Å². The number of carbonyl (C=O) groups is 1. The second kappa shape index (κ2) is 7.14. The number of amides is 1. The highest BCUT2D eigenvalue weighted by atomic mass is 32.2. The van der Waals surface area contributed by atoms with Gasteiger partial charge in [0.1, 0.15) is 0 Å². The Balaban J connectivity index is 1.72. The van der Waals surface area contributed by atoms with Gasteiger partial charge in [-0.25, -0.2) is 13.4 Å². The minimum absolute atomic E-state index is 0.319. The molecule has 0 saturated carbocycles. The summed E-state index contributed by atoms with van der Waals surface area (Å²) in [5.41, 5.74) is 4.19. The Kier molecular flexibility index (Phi) is 4.77. The van der Waals surface area contributed by atoms with Crippen molar-refractivity contribution in [1.29, 1.82) is 0 Å². The number of rotatable bonds is 4. The predicted octanol–water partition coefficient (Wildman–Crippen LogP) is 3.06. The van der Waals surface area contributed by atoms with Crippen molar-refractivity contribution in [2.45, 2.75) is 33.1 Å². The Morgan fingerprint density at radius 1 is 1.31 bits per heavy atom. The van der Waals surface area contributed by atoms with Gasteiger partial charge in [-0.1, -0.05) is 18.1 Å². The van der Waals surface area contributed by atoms with Crippen LogP contribution in [0.1, 0.15) is 40.7 Å². The van der Waals surface area contributed by atoms with E-state index in [2.05, 4.69) is 15.5 Å². The third-order valence-corrected chi connectivity index (χ3v) is 6.28. The van der Waals surface area contributed by atoms with Gasteiger partial charge in [0.2, 0.25) is 10.0 Å². The number of hydrogen-bond acceptors (Lipinski definition) is 6. The van der Waals surface area contributed by atoms with Gasteiger partial charge in [0.05, 0.1) is 28.6 Å². The fourth-order valence-electron chi connectivity index (χ4n) is 3.67. The summed E-state index contributed by atoms with van der Waals surface area (Å²) >= 11 is 0. The first-order valence-corrected chi connectivity index (χ1v) is 11.3. The molecule has 152 valence electrons. The molecule has 0 bridgehead atoms. The van der Waals surface area contributed by atoms with Crippen molar-refractivity contribution >= 4 is 38.4 Å². The Morgan fingerprint density at radius 2 is 2.10 bits per heavy atom. The van der Waals surface area contributed by atoms with Crippen LogP contribution < -0.4 is 9.62 Å². The van der Waals surface area contributed by atoms with Gasteiger partial charge >= 0.3 is 0 Å². The molecule has 0 spiro atoms. The molecule has 0 saturated heterocycles. The Bertz CT molecular complexity index is 1220. The van der Waals surface area contributed by atoms with Crippen LogP contribution in [0.25, 0.3) is 11.1 Å². The lowest BCUT2D eigenvalue weighted by molar-refractivity contribution is 0.102. The molecule has 4 rings (SSSR count). The molecule has 8 nitrogen and oxygen atoms in total. The highest BCUT2D eigenvalue weighted by Crippen LogP contribution is 2.32. The van der Waals surface area contributed by atoms with Crippen LogP contribution in [0, 0.1) is 6.92 Å². The molecule has 0 atom stereocenters. The maximum absolute atomic E-state index is 13.1. The molecule has 1 amide bonds. The maximum Gasteiger partial charge on any atom is 0.258 e. The van der Waals surface area contributed by atoms with Crippen molar-refractivity contribution in [1.82, 2.24) is 10.1 Å². The molecule has 1 aliphatic rings. The van der Waals surface area contributed by atoms with Crippen LogP contribution in [0.3, 0.4) is 0 Å². The first-order chi connectivity index (χ1) is 13.8. The summed E-state index contributed by atoms with van der Waals surface area (Å²) in [6.45, 7) is 4.15. The molecule has 0 aliphatic carbocycles. The second-order valence-electron chi connectivity index (χ2n) is 7.20. The minimum atomic E-state index is -3.38. The highest BCUT2D eigenvalue weighted by Gasteiger charge is 2.25. The minimum Gasteiger partial charge on any atom is -0.336 e. The number of aryl methyl sites for hydroxylation is 3. The molecule has 9 heteroatoms. The maximum atomic E-state index is 13.1. The van der Waals surface area contributed by atoms with Crippen LogP contribution in [0.2, 0.25) is 0 Å². The summed E-state index contributed by atoms with van der Waals surface area (Å²) in [6, 6.07) is 7.12. The van der Waals surface area contributed by atoms with E-state index in [0.29, 0.717) is 46.7 Å². The first-order valence-electron chi connectivity index (χ1n) is 9.46. The molecule has 0 radical (unpaired) electrons. The van der Waals surface area contributed by atoms with Crippen molar-refractivity contribution in [3.05, 3.63) is 46.8 Å². The summed E-state index contributed by atoms with van der Waals surface area (Å²) in [6.07, 6.45) is 3.42. The number of pyridine rings is 1. The van der Waals surface area contributed by atoms with Gasteiger partial charge < -0.3 is 9.84 Å². The normalized spacial score (nSPS) is 14.1. The van der Waals surface area contributed by atoms with Crippen LogP contribution in [-0.4, -0.2) is 37.3 Å². The molecule has 3 heterocycles. The molecule has 2 aromatic heterocycles. The largest absolute Gasteiger partial charge is 0.336 e. The third kappa shape index (κ3) is 3.57. The number of nitrogens with one attached hydrogen (secondary N) is 1. The van der Waals surface area contributed by atoms with Gasteiger partial charge in [-0.2, -0.15) is 0 Å². The standard InChI is InChI=1S/C20H22N4O4S/c1-4-14-10-16(18-12(2)23-28-20(18)22-14)19(25)21-15-8-7-13-6-5-9-24(17(13)11-15)29(3,26)27/h7-8,10-11H,4-6,9H2,1-3H3,(H,21,25). The van der Waals surface area contributed by atoms with E-state index in [0.717, 1.165) is 24.1 Å². The van der Waals surface area contributed by atoms with Crippen LogP contribution in [0.4, 0.5) is 11.4 Å². The van der Waals surface area contributed by atoms with E-state index < -0.39 is 10.0 Å². The Hall–Kier alpha value is -2.94. The van der Waals surface area contributed by atoms with Crippen molar-refractivity contribution in [3.8, 4) is 0 Å². The summed E-state index contributed by atoms with van der Waals surface area (Å²) in [4.78, 5) is 17.4. The fourth-order valence-corrected chi connectivity index (χ4v) is 4.66. The van der Waals surface area contributed by atoms with E-state index in [4.69, 9.17) is 4.52 Å². The average molecular weight is 414 g/mol. The molecule has 1 aliphatic heterocycles. The quantitative estimate of drug-likeness (QED) is 0.703. The number of anilines is 2. The number of nitrogens with zero attached hydrogens (tertiary/aromatic N) is 3. The number of fused-ring (bicyclic) bond motifs is 2. The summed E-state index contributed by atoms with van der Waals surface area (Å²) in [7, 11) is -3.38. The van der Waals surface area contributed by atoms with Crippen molar-refractivity contribution < 1.29 is 17.7 Å². The van der Waals surface area contributed by atoms with Crippen LogP contribution >= 0.6 is 0 Å². The van der Waals surface area contributed by atoms with Crippen LogP contribution in [0.15, 0.2) is 28.8 Å². The average Bonchev–Trinajstić information content (AvgIpc) is 3.06. The zero-order valence-corrected chi connectivity index (χ0v) is 17.3. The number of aromatic nitrogens is 2. The van der Waals surface area contributed by atoms with Crippen molar-refractivity contribution in [2.75, 3.05) is 22.4 Å². The molecule has 0 unspecified atom stereocenters. The molecule has 1 aromatic carbocycles. The van der Waals surface area contributed by atoms with E-state index in [9.17, 15) is 13.2 Å². The van der Waals surface area contributed by atoms with E-state index in [1.165, 1.54) is 10.6 Å². The Morgan fingerprint density at radius 3 is 2.83 bits per heavy atom. The van der Waals surface area contributed by atoms with Crippen LogP contribution in [-0.2, 0) is 22.9 Å². The SMILES string of the molecule is CCc1cc(C(=O)Nc2ccc3c(c2)N(S(C)(=O)=O)CCC3)c2c(C)noc2n1. The molecule has 29 heavy (non-hydrogen) atoms. The zero-order chi connectivity index (χ0) is 20.8. The van der Waals surface area contributed by atoms with E-state index in [1.807, 2.05) is 13.0 Å². The molecular formula is C20H22N4O4S. The monoisotopic (exact) mass is 414 g/mol. The van der Waals surface area contributed by atoms with E-state index >= 15 is 0 Å². The summed E-state index contributed by atoms with van der Waals surface area (Å²) < 4.78 is 30.9. The second-order valence-corrected chi connectivity index (χ2v) is 9.11. The molecule has 1 N–H and O–H groups in total. The van der Waals surface area contributed by atoms with Crippen molar-refractivity contribution in [2.24, 2.45) is 0 Å². The van der Waals surface area contributed by atoms with Gasteiger partial charge in [-0.15, -0.1) is 0 Å². The summed E-state index contributed by atoms with van der Waals surface area (Å²) in [5, 5.41) is 7.39. The number of sulfonamides is 1. The van der Waals surface area contributed by atoms with Gasteiger partial charge in [-0.3, -0.25) is 9.10 Å². The lowest BCUT2D eigenvalue weighted by Gasteiger charge is -2.29. The molecule has 0 fully saturated rings.